The van der Waals surface area contributed by atoms with Crippen LogP contribution in [0, 0.1) is 46.0 Å². The van der Waals surface area contributed by atoms with Crippen LogP contribution in [0.15, 0.2) is 0 Å². The van der Waals surface area contributed by atoms with E-state index in [4.69, 9.17) is 0 Å². The Balaban J connectivity index is -0.000000216. The van der Waals surface area contributed by atoms with Crippen molar-refractivity contribution < 1.29 is 37.3 Å². The maximum Gasteiger partial charge on any atom is 2.00 e. The molecule has 0 aliphatic heterocycles. The van der Waals surface area contributed by atoms with Gasteiger partial charge in [-0.3, -0.25) is 0 Å². The average molecular weight is 397 g/mol. The molecule has 0 heterocycles. The van der Waals surface area contributed by atoms with Gasteiger partial charge in [-0.1, -0.05) is 0 Å². The summed E-state index contributed by atoms with van der Waals surface area (Å²) < 4.78 is 59.4. The van der Waals surface area contributed by atoms with Crippen molar-refractivity contribution in [3.8, 4) is 0 Å². The third-order valence-corrected chi connectivity index (χ3v) is 1.33. The summed E-state index contributed by atoms with van der Waals surface area (Å²) in [5.41, 5.74) is 0. The summed E-state index contributed by atoms with van der Waals surface area (Å²) in [5, 5.41) is 0. The smallest absolute Gasteiger partial charge is 0.0499 e. The van der Waals surface area contributed by atoms with E-state index in [1.807, 2.05) is 0 Å². The van der Waals surface area contributed by atoms with Crippen molar-refractivity contribution in [2.45, 2.75) is 25.7 Å². The molecule has 0 aromatic rings. The second kappa shape index (κ2) is 9.55. The van der Waals surface area contributed by atoms with Gasteiger partial charge in [0, 0.05) is 0 Å². The molecule has 0 unspecified atom stereocenters. The number of halogens is 6. The zero-order valence-electron chi connectivity index (χ0n) is 10.2. The molecule has 8 heteroatoms. The zero-order chi connectivity index (χ0) is 14.8. The molecular formula is C11H17AsF6Ni+. The first-order chi connectivity index (χ1) is 7.86. The topological polar surface area (TPSA) is 0 Å². The van der Waals surface area contributed by atoms with E-state index in [0.717, 1.165) is 0 Å². The molecule has 117 valence electrons. The molecule has 0 saturated heterocycles. The van der Waals surface area contributed by atoms with E-state index in [-0.39, 0.29) is 16.5 Å². The molecule has 0 nitrogen and oxygen atoms in total. The van der Waals surface area contributed by atoms with Crippen LogP contribution in [0.2, 0.25) is 0 Å². The molecule has 1 aliphatic rings. The Hall–Kier alpha value is 0.632. The second-order valence-electron chi connectivity index (χ2n) is 3.34. The van der Waals surface area contributed by atoms with Gasteiger partial charge in [-0.15, -0.1) is 0 Å². The van der Waals surface area contributed by atoms with Gasteiger partial charge in [-0.2, -0.15) is 0 Å². The molecule has 1 rings (SSSR count). The summed E-state index contributed by atoms with van der Waals surface area (Å²) in [6.07, 6.45) is 15.5. The van der Waals surface area contributed by atoms with Gasteiger partial charge in [0.05, 0.1) is 0 Å². The summed E-state index contributed by atoms with van der Waals surface area (Å²) in [4.78, 5) is 0. The van der Waals surface area contributed by atoms with Crippen molar-refractivity contribution in [3.05, 3.63) is 46.0 Å². The van der Waals surface area contributed by atoms with Crippen molar-refractivity contribution in [2.24, 2.45) is 0 Å². The van der Waals surface area contributed by atoms with Gasteiger partial charge >= 0.3 is 51.5 Å². The summed E-state index contributed by atoms with van der Waals surface area (Å²) in [7, 11) is 0. The van der Waals surface area contributed by atoms with Crippen LogP contribution < -0.4 is 0 Å². The fraction of sp³-hybridized carbons (Fsp3) is 0.364. The van der Waals surface area contributed by atoms with Crippen LogP contribution in [0.5, 0.6) is 0 Å². The minimum absolute atomic E-state index is 0. The Morgan fingerprint density at radius 2 is 0.789 bits per heavy atom. The van der Waals surface area contributed by atoms with Crippen LogP contribution in [0.3, 0.4) is 0 Å². The third kappa shape index (κ3) is 69.2. The predicted octanol–water partition coefficient (Wildman–Crippen LogP) is 5.37. The fourth-order valence-electron chi connectivity index (χ4n) is 0.856. The molecule has 1 fully saturated rings. The Labute approximate surface area is 123 Å². The fourth-order valence-corrected chi connectivity index (χ4v) is 0.856. The molecule has 0 spiro atoms. The van der Waals surface area contributed by atoms with Crippen molar-refractivity contribution in [3.63, 3.8) is 0 Å². The van der Waals surface area contributed by atoms with Gasteiger partial charge in [-0.05, 0) is 71.6 Å². The SMILES string of the molecule is F[As-](F)(F)(F)(F)F.[CH2][CH][CH2].[CH]1[CH]CC[CH][CH]CC1.[Ni+2]. The average Bonchev–Trinajstić information content (AvgIpc) is 1.96. The zero-order valence-corrected chi connectivity index (χ0v) is 13.0. The number of hydrogen-bond donors (Lipinski definition) is 0. The Bertz CT molecular complexity index is 165. The first-order valence-corrected chi connectivity index (χ1v) is 9.39. The summed E-state index contributed by atoms with van der Waals surface area (Å²) in [6.45, 7) is 6.50. The van der Waals surface area contributed by atoms with Crippen molar-refractivity contribution in [2.75, 3.05) is 0 Å². The minimum atomic E-state index is -11.1. The van der Waals surface area contributed by atoms with E-state index in [1.54, 1.807) is 0 Å². The maximum atomic E-state index is 9.91. The van der Waals surface area contributed by atoms with Gasteiger partial charge in [0.2, 0.25) is 0 Å². The van der Waals surface area contributed by atoms with Crippen LogP contribution in [-0.4, -0.2) is 14.2 Å². The quantitative estimate of drug-likeness (QED) is 0.381. The van der Waals surface area contributed by atoms with Gasteiger partial charge in [0.15, 0.2) is 0 Å². The van der Waals surface area contributed by atoms with Crippen LogP contribution in [0.1, 0.15) is 25.7 Å². The minimum Gasteiger partial charge on any atom is -0.0499 e. The van der Waals surface area contributed by atoms with Gasteiger partial charge in [0.25, 0.3) is 0 Å². The van der Waals surface area contributed by atoms with Crippen LogP contribution in [0.25, 0.3) is 0 Å². The van der Waals surface area contributed by atoms with Gasteiger partial charge < -0.3 is 0 Å². The standard InChI is InChI=1S/C8H12.C3H5.AsF6.Ni/c1-2-4-6-8-7-5-3-1;1-3-2;2-1(3,4,5,6)7;/h1-2,7-8H,3-6H2;3H,1-2H2;;/q;;-1;+2. The van der Waals surface area contributed by atoms with E-state index in [1.165, 1.54) is 32.1 Å². The molecule has 0 aromatic carbocycles. The van der Waals surface area contributed by atoms with Crippen LogP contribution >= 0.6 is 0 Å². The molecular weight excluding hydrogens is 380 g/mol. The molecule has 1 saturated carbocycles. The van der Waals surface area contributed by atoms with Crippen LogP contribution in [0.4, 0.5) is 20.8 Å². The third-order valence-electron chi connectivity index (χ3n) is 1.33. The Morgan fingerprint density at radius 3 is 0.895 bits per heavy atom. The maximum absolute atomic E-state index is 11.1. The van der Waals surface area contributed by atoms with E-state index >= 15 is 0 Å². The molecule has 7 radical (unpaired) electrons. The number of rotatable bonds is 0. The van der Waals surface area contributed by atoms with Crippen LogP contribution in [-0.2, 0) is 16.5 Å². The summed E-state index contributed by atoms with van der Waals surface area (Å²) >= 11 is -11.1. The number of hydrogen-bond acceptors (Lipinski definition) is 0. The monoisotopic (exact) mass is 396 g/mol. The molecule has 19 heavy (non-hydrogen) atoms. The molecule has 1 aliphatic carbocycles. The molecule has 0 aromatic heterocycles. The van der Waals surface area contributed by atoms with Gasteiger partial charge in [-0.25, -0.2) is 0 Å². The molecule has 0 atom stereocenters. The molecule has 0 N–H and O–H groups in total. The van der Waals surface area contributed by atoms with Gasteiger partial charge in [0.1, 0.15) is 0 Å². The van der Waals surface area contributed by atoms with Crippen molar-refractivity contribution in [1.82, 2.24) is 0 Å². The van der Waals surface area contributed by atoms with E-state index in [0.29, 0.717) is 0 Å². The Kier molecular flexibility index (Phi) is 12.4. The second-order valence-corrected chi connectivity index (χ2v) is 7.37. The van der Waals surface area contributed by atoms with E-state index < -0.39 is 14.2 Å². The Morgan fingerprint density at radius 1 is 0.684 bits per heavy atom. The molecule has 0 bridgehead atoms. The van der Waals surface area contributed by atoms with E-state index in [9.17, 15) is 20.8 Å². The molecule has 0 amide bonds. The van der Waals surface area contributed by atoms with Crippen molar-refractivity contribution >= 4 is 14.2 Å². The normalized spacial score (nSPS) is 19.6. The summed E-state index contributed by atoms with van der Waals surface area (Å²) in [6, 6.07) is 0. The van der Waals surface area contributed by atoms with E-state index in [2.05, 4.69) is 39.5 Å². The van der Waals surface area contributed by atoms with Crippen molar-refractivity contribution in [1.29, 1.82) is 0 Å². The summed E-state index contributed by atoms with van der Waals surface area (Å²) in [5.74, 6) is 0. The largest absolute Gasteiger partial charge is 2.00 e. The predicted molar refractivity (Wildman–Crippen MR) is 63.1 cm³/mol. The first-order valence-electron chi connectivity index (χ1n) is 5.13. The first kappa shape index (κ1) is 24.6.